The minimum Gasteiger partial charge on any atom is -0.333 e. The van der Waals surface area contributed by atoms with Gasteiger partial charge >= 0.3 is 0 Å². The second-order valence-electron chi connectivity index (χ2n) is 6.04. The Labute approximate surface area is 145 Å². The highest BCUT2D eigenvalue weighted by Crippen LogP contribution is 2.35. The average molecular weight is 330 g/mol. The lowest BCUT2D eigenvalue weighted by molar-refractivity contribution is 0.432. The van der Waals surface area contributed by atoms with Crippen LogP contribution in [0.3, 0.4) is 0 Å². The number of hydrogen-bond acceptors (Lipinski definition) is 4. The molecule has 0 N–H and O–H groups in total. The Morgan fingerprint density at radius 3 is 2.40 bits per heavy atom. The molecule has 5 heteroatoms. The third-order valence-electron chi connectivity index (χ3n) is 4.29. The van der Waals surface area contributed by atoms with Crippen LogP contribution >= 0.6 is 0 Å². The maximum atomic E-state index is 5.59. The summed E-state index contributed by atoms with van der Waals surface area (Å²) >= 11 is 0. The van der Waals surface area contributed by atoms with Crippen LogP contribution in [0.2, 0.25) is 0 Å². The Morgan fingerprint density at radius 1 is 0.920 bits per heavy atom. The van der Waals surface area contributed by atoms with Crippen molar-refractivity contribution in [3.63, 3.8) is 0 Å². The van der Waals surface area contributed by atoms with Gasteiger partial charge in [0.2, 0.25) is 5.82 Å². The molecule has 0 radical (unpaired) electrons. The minimum atomic E-state index is 0.489. The molecule has 2 aromatic heterocycles. The molecule has 0 spiro atoms. The van der Waals surface area contributed by atoms with Crippen LogP contribution < -0.4 is 0 Å². The van der Waals surface area contributed by atoms with Gasteiger partial charge < -0.3 is 4.52 Å². The number of aryl methyl sites for hydroxylation is 3. The van der Waals surface area contributed by atoms with Gasteiger partial charge in [-0.2, -0.15) is 10.1 Å². The first-order valence-electron chi connectivity index (χ1n) is 8.14. The Hall–Kier alpha value is -3.21. The Kier molecular flexibility index (Phi) is 3.69. The maximum absolute atomic E-state index is 5.59. The second-order valence-corrected chi connectivity index (χ2v) is 6.04. The van der Waals surface area contributed by atoms with Crippen LogP contribution in [-0.2, 0) is 7.05 Å². The summed E-state index contributed by atoms with van der Waals surface area (Å²) in [5.41, 5.74) is 5.94. The van der Waals surface area contributed by atoms with Crippen molar-refractivity contribution in [3.8, 4) is 34.1 Å². The molecule has 0 aliphatic heterocycles. The number of benzene rings is 2. The molecule has 0 amide bonds. The zero-order valence-electron chi connectivity index (χ0n) is 14.4. The average Bonchev–Trinajstić information content (AvgIpc) is 3.20. The summed E-state index contributed by atoms with van der Waals surface area (Å²) in [6.07, 6.45) is 0. The molecule has 0 aliphatic rings. The largest absolute Gasteiger partial charge is 0.333 e. The van der Waals surface area contributed by atoms with Gasteiger partial charge in [0.15, 0.2) is 0 Å². The van der Waals surface area contributed by atoms with Crippen molar-refractivity contribution >= 4 is 0 Å². The van der Waals surface area contributed by atoms with Crippen LogP contribution in [0.4, 0.5) is 0 Å². The number of nitrogens with zero attached hydrogens (tertiary/aromatic N) is 4. The van der Waals surface area contributed by atoms with Gasteiger partial charge in [0, 0.05) is 18.2 Å². The molecule has 0 atom stereocenters. The van der Waals surface area contributed by atoms with Crippen LogP contribution in [-0.4, -0.2) is 19.9 Å². The summed E-state index contributed by atoms with van der Waals surface area (Å²) in [6.45, 7) is 4.05. The van der Waals surface area contributed by atoms with Crippen molar-refractivity contribution < 1.29 is 4.52 Å². The van der Waals surface area contributed by atoms with E-state index < -0.39 is 0 Å². The molecule has 25 heavy (non-hydrogen) atoms. The molecule has 0 saturated heterocycles. The lowest BCUT2D eigenvalue weighted by atomic mass is 10.0. The van der Waals surface area contributed by atoms with Gasteiger partial charge in [0.25, 0.3) is 5.89 Å². The van der Waals surface area contributed by atoms with Gasteiger partial charge in [0.05, 0.1) is 17.0 Å². The highest BCUT2D eigenvalue weighted by Gasteiger charge is 2.23. The molecule has 0 aliphatic carbocycles. The second kappa shape index (κ2) is 6.02. The van der Waals surface area contributed by atoms with Gasteiger partial charge in [-0.15, -0.1) is 0 Å². The standard InChI is InChI=1S/C20H18N4O/c1-13-9-7-8-12-16(13)18-17(14(2)22-24(18)3)20-21-19(23-25-20)15-10-5-4-6-11-15/h4-12H,1-3H3. The molecular formula is C20H18N4O. The van der Waals surface area contributed by atoms with E-state index in [1.165, 1.54) is 5.56 Å². The summed E-state index contributed by atoms with van der Waals surface area (Å²) in [7, 11) is 1.94. The van der Waals surface area contributed by atoms with E-state index in [-0.39, 0.29) is 0 Å². The van der Waals surface area contributed by atoms with Gasteiger partial charge in [0.1, 0.15) is 0 Å². The molecule has 4 rings (SSSR count). The van der Waals surface area contributed by atoms with E-state index in [4.69, 9.17) is 4.52 Å². The van der Waals surface area contributed by atoms with Crippen molar-refractivity contribution in [2.75, 3.05) is 0 Å². The van der Waals surface area contributed by atoms with Crippen LogP contribution in [0.25, 0.3) is 34.1 Å². The third-order valence-corrected chi connectivity index (χ3v) is 4.29. The predicted octanol–water partition coefficient (Wildman–Crippen LogP) is 4.42. The van der Waals surface area contributed by atoms with E-state index in [1.807, 2.05) is 61.1 Å². The summed E-state index contributed by atoms with van der Waals surface area (Å²) in [6, 6.07) is 18.0. The van der Waals surface area contributed by atoms with E-state index in [2.05, 4.69) is 34.3 Å². The number of hydrogen-bond donors (Lipinski definition) is 0. The Bertz CT molecular complexity index is 1030. The van der Waals surface area contributed by atoms with Crippen LogP contribution in [0.15, 0.2) is 59.1 Å². The predicted molar refractivity (Wildman–Crippen MR) is 96.8 cm³/mol. The normalized spacial score (nSPS) is 11.0. The van der Waals surface area contributed by atoms with Crippen molar-refractivity contribution in [1.29, 1.82) is 0 Å². The maximum Gasteiger partial charge on any atom is 0.262 e. The first kappa shape index (κ1) is 15.3. The van der Waals surface area contributed by atoms with E-state index in [0.29, 0.717) is 11.7 Å². The monoisotopic (exact) mass is 330 g/mol. The fourth-order valence-electron chi connectivity index (χ4n) is 3.09. The molecule has 0 fully saturated rings. The van der Waals surface area contributed by atoms with Crippen LogP contribution in [0.5, 0.6) is 0 Å². The van der Waals surface area contributed by atoms with E-state index in [0.717, 1.165) is 28.1 Å². The summed E-state index contributed by atoms with van der Waals surface area (Å²) in [4.78, 5) is 4.61. The molecule has 124 valence electrons. The minimum absolute atomic E-state index is 0.489. The van der Waals surface area contributed by atoms with E-state index in [1.54, 1.807) is 0 Å². The summed E-state index contributed by atoms with van der Waals surface area (Å²) in [5, 5.41) is 8.72. The first-order valence-corrected chi connectivity index (χ1v) is 8.14. The van der Waals surface area contributed by atoms with Gasteiger partial charge in [-0.1, -0.05) is 59.8 Å². The van der Waals surface area contributed by atoms with Gasteiger partial charge in [-0.3, -0.25) is 4.68 Å². The molecule has 0 bridgehead atoms. The topological polar surface area (TPSA) is 56.7 Å². The zero-order chi connectivity index (χ0) is 17.4. The fraction of sp³-hybridized carbons (Fsp3) is 0.150. The summed E-state index contributed by atoms with van der Waals surface area (Å²) in [5.74, 6) is 1.07. The van der Waals surface area contributed by atoms with Gasteiger partial charge in [-0.25, -0.2) is 0 Å². The SMILES string of the molecule is Cc1ccccc1-c1c(-c2nc(-c3ccccc3)no2)c(C)nn1C. The number of aromatic nitrogens is 4. The molecule has 2 heterocycles. The fourth-order valence-corrected chi connectivity index (χ4v) is 3.09. The molecule has 0 saturated carbocycles. The van der Waals surface area contributed by atoms with Crippen molar-refractivity contribution in [2.24, 2.45) is 7.05 Å². The van der Waals surface area contributed by atoms with Crippen LogP contribution in [0, 0.1) is 13.8 Å². The van der Waals surface area contributed by atoms with E-state index >= 15 is 0 Å². The smallest absolute Gasteiger partial charge is 0.262 e. The summed E-state index contributed by atoms with van der Waals surface area (Å²) < 4.78 is 7.46. The molecular weight excluding hydrogens is 312 g/mol. The zero-order valence-corrected chi connectivity index (χ0v) is 14.4. The highest BCUT2D eigenvalue weighted by molar-refractivity contribution is 5.81. The van der Waals surface area contributed by atoms with Crippen molar-refractivity contribution in [1.82, 2.24) is 19.9 Å². The highest BCUT2D eigenvalue weighted by atomic mass is 16.5. The van der Waals surface area contributed by atoms with E-state index in [9.17, 15) is 0 Å². The van der Waals surface area contributed by atoms with Crippen molar-refractivity contribution in [3.05, 3.63) is 65.9 Å². The lowest BCUT2D eigenvalue weighted by Gasteiger charge is -2.07. The van der Waals surface area contributed by atoms with Crippen LogP contribution in [0.1, 0.15) is 11.3 Å². The Morgan fingerprint density at radius 2 is 1.64 bits per heavy atom. The third kappa shape index (κ3) is 2.63. The molecule has 5 nitrogen and oxygen atoms in total. The Balaban J connectivity index is 1.88. The van der Waals surface area contributed by atoms with Gasteiger partial charge in [-0.05, 0) is 19.4 Å². The molecule has 2 aromatic carbocycles. The lowest BCUT2D eigenvalue weighted by Crippen LogP contribution is -1.96. The molecule has 0 unspecified atom stereocenters. The molecule has 4 aromatic rings. The first-order chi connectivity index (χ1) is 12.1. The quantitative estimate of drug-likeness (QED) is 0.558. The van der Waals surface area contributed by atoms with Crippen molar-refractivity contribution in [2.45, 2.75) is 13.8 Å². The number of rotatable bonds is 3.